The summed E-state index contributed by atoms with van der Waals surface area (Å²) in [5.74, 6) is 0.777. The molecule has 100 valence electrons. The molecule has 0 aliphatic heterocycles. The summed E-state index contributed by atoms with van der Waals surface area (Å²) in [6, 6.07) is 0.514. The van der Waals surface area contributed by atoms with E-state index >= 15 is 0 Å². The SMILES string of the molecule is Cc1nc(Cl)nc(N(C)C2CCCCCC2)c1N. The van der Waals surface area contributed by atoms with E-state index in [2.05, 4.69) is 21.9 Å². The monoisotopic (exact) mass is 268 g/mol. The van der Waals surface area contributed by atoms with Crippen LogP contribution in [0.4, 0.5) is 11.5 Å². The predicted octanol–water partition coefficient (Wildman–Crippen LogP) is 3.18. The lowest BCUT2D eigenvalue weighted by atomic mass is 10.1. The van der Waals surface area contributed by atoms with Gasteiger partial charge in [-0.2, -0.15) is 4.98 Å². The fourth-order valence-electron chi connectivity index (χ4n) is 2.62. The molecule has 0 atom stereocenters. The van der Waals surface area contributed by atoms with Crippen molar-refractivity contribution < 1.29 is 0 Å². The summed E-state index contributed by atoms with van der Waals surface area (Å²) in [5.41, 5.74) is 7.47. The Kier molecular flexibility index (Phi) is 4.27. The first-order chi connectivity index (χ1) is 8.59. The highest BCUT2D eigenvalue weighted by Gasteiger charge is 2.21. The highest BCUT2D eigenvalue weighted by Crippen LogP contribution is 2.29. The molecule has 2 rings (SSSR count). The van der Waals surface area contributed by atoms with E-state index < -0.39 is 0 Å². The Morgan fingerprint density at radius 2 is 1.78 bits per heavy atom. The molecule has 4 nitrogen and oxygen atoms in total. The average molecular weight is 269 g/mol. The average Bonchev–Trinajstić information content (AvgIpc) is 2.61. The van der Waals surface area contributed by atoms with Gasteiger partial charge in [0.15, 0.2) is 5.82 Å². The second-order valence-corrected chi connectivity index (χ2v) is 5.41. The van der Waals surface area contributed by atoms with E-state index in [9.17, 15) is 0 Å². The molecule has 18 heavy (non-hydrogen) atoms. The number of nitrogen functional groups attached to an aromatic ring is 1. The molecule has 5 heteroatoms. The van der Waals surface area contributed by atoms with Gasteiger partial charge in [0, 0.05) is 13.1 Å². The summed E-state index contributed by atoms with van der Waals surface area (Å²) in [5, 5.41) is 0.275. The van der Waals surface area contributed by atoms with Crippen molar-refractivity contribution >= 4 is 23.1 Å². The van der Waals surface area contributed by atoms with Gasteiger partial charge in [0.1, 0.15) is 0 Å². The molecule has 0 saturated heterocycles. The molecule has 0 unspecified atom stereocenters. The van der Waals surface area contributed by atoms with Crippen molar-refractivity contribution in [1.29, 1.82) is 0 Å². The highest BCUT2D eigenvalue weighted by atomic mass is 35.5. The Bertz CT molecular complexity index is 414. The van der Waals surface area contributed by atoms with Crippen LogP contribution >= 0.6 is 11.6 Å². The Balaban J connectivity index is 2.24. The van der Waals surface area contributed by atoms with Crippen LogP contribution in [0, 0.1) is 6.92 Å². The third-order valence-electron chi connectivity index (χ3n) is 3.80. The molecule has 0 aromatic carbocycles. The summed E-state index contributed by atoms with van der Waals surface area (Å²) in [7, 11) is 2.06. The molecule has 1 aromatic rings. The second kappa shape index (κ2) is 5.74. The molecule has 0 radical (unpaired) electrons. The van der Waals surface area contributed by atoms with Gasteiger partial charge in [-0.05, 0) is 31.4 Å². The maximum atomic E-state index is 6.07. The maximum Gasteiger partial charge on any atom is 0.224 e. The van der Waals surface area contributed by atoms with E-state index in [-0.39, 0.29) is 5.28 Å². The van der Waals surface area contributed by atoms with Crippen molar-refractivity contribution in [3.05, 3.63) is 11.0 Å². The lowest BCUT2D eigenvalue weighted by Gasteiger charge is -2.29. The lowest BCUT2D eigenvalue weighted by Crippen LogP contribution is -2.32. The fraction of sp³-hybridized carbons (Fsp3) is 0.692. The van der Waals surface area contributed by atoms with E-state index in [1.165, 1.54) is 38.5 Å². The van der Waals surface area contributed by atoms with E-state index in [1.54, 1.807) is 0 Å². The Hall–Kier alpha value is -1.03. The quantitative estimate of drug-likeness (QED) is 0.661. The van der Waals surface area contributed by atoms with Gasteiger partial charge in [-0.25, -0.2) is 4.98 Å². The molecule has 1 heterocycles. The molecule has 1 fully saturated rings. The van der Waals surface area contributed by atoms with Crippen molar-refractivity contribution in [3.63, 3.8) is 0 Å². The van der Waals surface area contributed by atoms with Crippen molar-refractivity contribution in [3.8, 4) is 0 Å². The number of hydrogen-bond acceptors (Lipinski definition) is 4. The van der Waals surface area contributed by atoms with E-state index in [4.69, 9.17) is 17.3 Å². The Morgan fingerprint density at radius 3 is 2.39 bits per heavy atom. The van der Waals surface area contributed by atoms with E-state index in [0.717, 1.165) is 11.5 Å². The largest absolute Gasteiger partial charge is 0.394 e. The molecule has 1 aliphatic rings. The number of aromatic nitrogens is 2. The fourth-order valence-corrected chi connectivity index (χ4v) is 2.83. The topological polar surface area (TPSA) is 55.0 Å². The Labute approximate surface area is 114 Å². The molecular weight excluding hydrogens is 248 g/mol. The zero-order chi connectivity index (χ0) is 13.1. The minimum absolute atomic E-state index is 0.275. The van der Waals surface area contributed by atoms with Gasteiger partial charge in [0.25, 0.3) is 0 Å². The molecule has 0 bridgehead atoms. The normalized spacial score (nSPS) is 17.5. The van der Waals surface area contributed by atoms with E-state index in [0.29, 0.717) is 11.7 Å². The molecule has 0 spiro atoms. The molecule has 1 aliphatic carbocycles. The van der Waals surface area contributed by atoms with Gasteiger partial charge >= 0.3 is 0 Å². The number of anilines is 2. The van der Waals surface area contributed by atoms with Crippen molar-refractivity contribution in [2.75, 3.05) is 17.7 Å². The van der Waals surface area contributed by atoms with Gasteiger partial charge in [-0.3, -0.25) is 0 Å². The predicted molar refractivity (Wildman–Crippen MR) is 76.1 cm³/mol. The summed E-state index contributed by atoms with van der Waals surface area (Å²) in [4.78, 5) is 10.6. The molecule has 2 N–H and O–H groups in total. The van der Waals surface area contributed by atoms with Crippen LogP contribution in [0.15, 0.2) is 0 Å². The van der Waals surface area contributed by atoms with Gasteiger partial charge in [-0.15, -0.1) is 0 Å². The standard InChI is InChI=1S/C13H21ClN4/c1-9-11(15)12(17-13(14)16-9)18(2)10-7-5-3-4-6-8-10/h10H,3-8,15H2,1-2H3. The summed E-state index contributed by atoms with van der Waals surface area (Å²) < 4.78 is 0. The molecule has 0 amide bonds. The molecule has 1 aromatic heterocycles. The van der Waals surface area contributed by atoms with Crippen LogP contribution in [-0.2, 0) is 0 Å². The van der Waals surface area contributed by atoms with Crippen molar-refractivity contribution in [2.24, 2.45) is 0 Å². The van der Waals surface area contributed by atoms with Crippen LogP contribution in [0.3, 0.4) is 0 Å². The molecule has 1 saturated carbocycles. The maximum absolute atomic E-state index is 6.07. The van der Waals surface area contributed by atoms with Crippen LogP contribution in [0.25, 0.3) is 0 Å². The summed E-state index contributed by atoms with van der Waals surface area (Å²) in [6.07, 6.45) is 7.65. The van der Waals surface area contributed by atoms with Crippen LogP contribution in [0.5, 0.6) is 0 Å². The minimum atomic E-state index is 0.275. The number of hydrogen-bond donors (Lipinski definition) is 1. The van der Waals surface area contributed by atoms with Gasteiger partial charge in [0.05, 0.1) is 11.4 Å². The number of nitrogens with zero attached hydrogens (tertiary/aromatic N) is 3. The third kappa shape index (κ3) is 2.86. The van der Waals surface area contributed by atoms with Crippen LogP contribution in [0.1, 0.15) is 44.2 Å². The minimum Gasteiger partial charge on any atom is -0.394 e. The van der Waals surface area contributed by atoms with Gasteiger partial charge in [-0.1, -0.05) is 25.7 Å². The zero-order valence-corrected chi connectivity index (χ0v) is 11.9. The summed E-state index contributed by atoms with van der Waals surface area (Å²) >= 11 is 5.93. The van der Waals surface area contributed by atoms with Gasteiger partial charge in [0.2, 0.25) is 5.28 Å². The van der Waals surface area contributed by atoms with Gasteiger partial charge < -0.3 is 10.6 Å². The number of rotatable bonds is 2. The van der Waals surface area contributed by atoms with Crippen molar-refractivity contribution in [2.45, 2.75) is 51.5 Å². The Morgan fingerprint density at radius 1 is 1.17 bits per heavy atom. The smallest absolute Gasteiger partial charge is 0.224 e. The number of nitrogens with two attached hydrogens (primary N) is 1. The third-order valence-corrected chi connectivity index (χ3v) is 3.96. The first-order valence-corrected chi connectivity index (χ1v) is 7.00. The first-order valence-electron chi connectivity index (χ1n) is 6.62. The lowest BCUT2D eigenvalue weighted by molar-refractivity contribution is 0.549. The highest BCUT2D eigenvalue weighted by molar-refractivity contribution is 6.28. The summed E-state index contributed by atoms with van der Waals surface area (Å²) in [6.45, 7) is 1.87. The van der Waals surface area contributed by atoms with Crippen LogP contribution in [0.2, 0.25) is 5.28 Å². The first kappa shape index (κ1) is 13.4. The van der Waals surface area contributed by atoms with E-state index in [1.807, 2.05) is 6.92 Å². The number of halogens is 1. The number of aryl methyl sites for hydroxylation is 1. The van der Waals surface area contributed by atoms with Crippen LogP contribution in [-0.4, -0.2) is 23.1 Å². The zero-order valence-electron chi connectivity index (χ0n) is 11.1. The van der Waals surface area contributed by atoms with Crippen LogP contribution < -0.4 is 10.6 Å². The second-order valence-electron chi connectivity index (χ2n) is 5.07. The van der Waals surface area contributed by atoms with Crippen molar-refractivity contribution in [1.82, 2.24) is 9.97 Å². The molecular formula is C13H21ClN4.